The number of aryl methyl sites for hydroxylation is 2. The molecule has 1 heterocycles. The number of amides is 1. The van der Waals surface area contributed by atoms with E-state index in [0.717, 1.165) is 30.3 Å². The summed E-state index contributed by atoms with van der Waals surface area (Å²) in [5.74, 6) is 1.50. The Bertz CT molecular complexity index is 839. The van der Waals surface area contributed by atoms with Gasteiger partial charge in [-0.25, -0.2) is 0 Å². The first-order valence-electron chi connectivity index (χ1n) is 11.3. The molecule has 30 heavy (non-hydrogen) atoms. The van der Waals surface area contributed by atoms with Gasteiger partial charge in [0, 0.05) is 18.8 Å². The molecule has 1 fully saturated rings. The molecule has 0 unspecified atom stereocenters. The lowest BCUT2D eigenvalue weighted by molar-refractivity contribution is -0.128. The molecule has 2 aromatic carbocycles. The van der Waals surface area contributed by atoms with Gasteiger partial charge in [-0.1, -0.05) is 32.0 Å². The van der Waals surface area contributed by atoms with Gasteiger partial charge >= 0.3 is 0 Å². The van der Waals surface area contributed by atoms with Gasteiger partial charge < -0.3 is 15.0 Å². The number of hydrogen-bond acceptors (Lipinski definition) is 3. The van der Waals surface area contributed by atoms with Crippen LogP contribution in [-0.4, -0.2) is 25.1 Å². The first kappa shape index (κ1) is 22.2. The van der Waals surface area contributed by atoms with Crippen LogP contribution in [0.2, 0.25) is 0 Å². The molecule has 4 nitrogen and oxygen atoms in total. The standard InChI is InChI=1S/C26H36N2O2/c1-6-25(30-24-12-7-19(3)20(4)17-24)26(29)27-21(5)22-8-10-23(11-9-22)28-15-13-18(2)14-16-28/h7-12,17-18,21,25H,6,13-16H2,1-5H3,(H,27,29)/t21-,25-/m0/s1. The normalized spacial score (nSPS) is 16.8. The van der Waals surface area contributed by atoms with Gasteiger partial charge in [0.15, 0.2) is 6.10 Å². The molecule has 1 aliphatic rings. The van der Waals surface area contributed by atoms with Gasteiger partial charge in [-0.05, 0) is 86.9 Å². The Morgan fingerprint density at radius 1 is 1.10 bits per heavy atom. The fraction of sp³-hybridized carbons (Fsp3) is 0.500. The molecule has 0 bridgehead atoms. The fourth-order valence-electron chi connectivity index (χ4n) is 3.90. The van der Waals surface area contributed by atoms with Gasteiger partial charge in [0.05, 0.1) is 6.04 Å². The van der Waals surface area contributed by atoms with Crippen LogP contribution in [0.4, 0.5) is 5.69 Å². The van der Waals surface area contributed by atoms with Gasteiger partial charge in [0.25, 0.3) is 5.91 Å². The molecule has 1 aliphatic heterocycles. The van der Waals surface area contributed by atoms with Crippen molar-refractivity contribution in [2.75, 3.05) is 18.0 Å². The minimum Gasteiger partial charge on any atom is -0.481 e. The molecule has 4 heteroatoms. The zero-order chi connectivity index (χ0) is 21.7. The second-order valence-electron chi connectivity index (χ2n) is 8.75. The van der Waals surface area contributed by atoms with Crippen molar-refractivity contribution in [2.45, 2.75) is 66.0 Å². The van der Waals surface area contributed by atoms with E-state index in [4.69, 9.17) is 4.74 Å². The summed E-state index contributed by atoms with van der Waals surface area (Å²) in [5.41, 5.74) is 4.77. The van der Waals surface area contributed by atoms with Gasteiger partial charge in [0.2, 0.25) is 0 Å². The largest absolute Gasteiger partial charge is 0.481 e. The van der Waals surface area contributed by atoms with E-state index in [0.29, 0.717) is 6.42 Å². The molecular weight excluding hydrogens is 372 g/mol. The van der Waals surface area contributed by atoms with E-state index in [9.17, 15) is 4.79 Å². The van der Waals surface area contributed by atoms with Gasteiger partial charge in [-0.3, -0.25) is 4.79 Å². The molecule has 1 saturated heterocycles. The van der Waals surface area contributed by atoms with Crippen LogP contribution in [0, 0.1) is 19.8 Å². The molecule has 3 rings (SSSR count). The van der Waals surface area contributed by atoms with Crippen LogP contribution in [-0.2, 0) is 4.79 Å². The average molecular weight is 409 g/mol. The van der Waals surface area contributed by atoms with Crippen molar-refractivity contribution in [1.29, 1.82) is 0 Å². The molecule has 0 saturated carbocycles. The number of rotatable bonds is 7. The predicted octanol–water partition coefficient (Wildman–Crippen LogP) is 5.57. The summed E-state index contributed by atoms with van der Waals surface area (Å²) in [4.78, 5) is 15.3. The van der Waals surface area contributed by atoms with E-state index < -0.39 is 6.10 Å². The van der Waals surface area contributed by atoms with Crippen molar-refractivity contribution < 1.29 is 9.53 Å². The minimum atomic E-state index is -0.496. The van der Waals surface area contributed by atoms with Crippen molar-refractivity contribution >= 4 is 11.6 Å². The van der Waals surface area contributed by atoms with Crippen LogP contribution in [0.15, 0.2) is 42.5 Å². The highest BCUT2D eigenvalue weighted by Gasteiger charge is 2.21. The summed E-state index contributed by atoms with van der Waals surface area (Å²) < 4.78 is 5.99. The zero-order valence-corrected chi connectivity index (χ0v) is 19.1. The Labute approximate surface area is 181 Å². The van der Waals surface area contributed by atoms with Crippen molar-refractivity contribution in [3.63, 3.8) is 0 Å². The molecule has 1 amide bonds. The molecule has 0 aliphatic carbocycles. The van der Waals surface area contributed by atoms with Crippen molar-refractivity contribution in [3.05, 3.63) is 59.2 Å². The Hall–Kier alpha value is -2.49. The highest BCUT2D eigenvalue weighted by molar-refractivity contribution is 5.81. The summed E-state index contributed by atoms with van der Waals surface area (Å²) in [6.45, 7) is 12.7. The van der Waals surface area contributed by atoms with Crippen LogP contribution in [0.1, 0.15) is 62.8 Å². The van der Waals surface area contributed by atoms with Crippen LogP contribution < -0.4 is 15.0 Å². The lowest BCUT2D eigenvalue weighted by Crippen LogP contribution is -2.39. The Morgan fingerprint density at radius 3 is 2.37 bits per heavy atom. The van der Waals surface area contributed by atoms with Gasteiger partial charge in [-0.15, -0.1) is 0 Å². The van der Waals surface area contributed by atoms with Gasteiger partial charge in [0.1, 0.15) is 5.75 Å². The maximum absolute atomic E-state index is 12.8. The number of piperidine rings is 1. The number of ether oxygens (including phenoxy) is 1. The molecule has 2 aromatic rings. The van der Waals surface area contributed by atoms with Crippen molar-refractivity contribution in [2.24, 2.45) is 5.92 Å². The fourth-order valence-corrected chi connectivity index (χ4v) is 3.90. The number of benzene rings is 2. The number of anilines is 1. The smallest absolute Gasteiger partial charge is 0.261 e. The topological polar surface area (TPSA) is 41.6 Å². The lowest BCUT2D eigenvalue weighted by atomic mass is 9.98. The number of nitrogens with one attached hydrogen (secondary N) is 1. The molecule has 162 valence electrons. The quantitative estimate of drug-likeness (QED) is 0.651. The highest BCUT2D eigenvalue weighted by atomic mass is 16.5. The van der Waals surface area contributed by atoms with Gasteiger partial charge in [-0.2, -0.15) is 0 Å². The lowest BCUT2D eigenvalue weighted by Gasteiger charge is -2.32. The summed E-state index contributed by atoms with van der Waals surface area (Å²) >= 11 is 0. The zero-order valence-electron chi connectivity index (χ0n) is 19.1. The highest BCUT2D eigenvalue weighted by Crippen LogP contribution is 2.25. The Balaban J connectivity index is 1.58. The second-order valence-corrected chi connectivity index (χ2v) is 8.75. The van der Waals surface area contributed by atoms with E-state index in [2.05, 4.69) is 55.3 Å². The third-order valence-corrected chi connectivity index (χ3v) is 6.32. The minimum absolute atomic E-state index is 0.0645. The maximum atomic E-state index is 12.8. The monoisotopic (exact) mass is 408 g/mol. The SMILES string of the molecule is CC[C@H](Oc1ccc(C)c(C)c1)C(=O)N[C@@H](C)c1ccc(N2CCC(C)CC2)cc1. The summed E-state index contributed by atoms with van der Waals surface area (Å²) in [6, 6.07) is 14.5. The Morgan fingerprint density at radius 2 is 1.77 bits per heavy atom. The first-order valence-corrected chi connectivity index (χ1v) is 11.3. The third kappa shape index (κ3) is 5.56. The first-order chi connectivity index (χ1) is 14.4. The summed E-state index contributed by atoms with van der Waals surface area (Å²) in [7, 11) is 0. The van der Waals surface area contributed by atoms with E-state index >= 15 is 0 Å². The average Bonchev–Trinajstić information content (AvgIpc) is 2.75. The van der Waals surface area contributed by atoms with E-state index in [-0.39, 0.29) is 11.9 Å². The molecule has 1 N–H and O–H groups in total. The predicted molar refractivity (Wildman–Crippen MR) is 124 cm³/mol. The summed E-state index contributed by atoms with van der Waals surface area (Å²) in [5, 5.41) is 3.12. The molecule has 0 radical (unpaired) electrons. The van der Waals surface area contributed by atoms with Crippen LogP contribution in [0.25, 0.3) is 0 Å². The number of carbonyl (C=O) groups is 1. The molecule has 0 spiro atoms. The number of hydrogen-bond donors (Lipinski definition) is 1. The van der Waals surface area contributed by atoms with Crippen molar-refractivity contribution in [3.8, 4) is 5.75 Å². The number of carbonyl (C=O) groups excluding carboxylic acids is 1. The van der Waals surface area contributed by atoms with Crippen LogP contribution in [0.3, 0.4) is 0 Å². The van der Waals surface area contributed by atoms with Crippen molar-refractivity contribution in [1.82, 2.24) is 5.32 Å². The Kier molecular flexibility index (Phi) is 7.41. The molecule has 2 atom stereocenters. The molecule has 0 aromatic heterocycles. The maximum Gasteiger partial charge on any atom is 0.261 e. The van der Waals surface area contributed by atoms with E-state index in [1.54, 1.807) is 0 Å². The molecular formula is C26H36N2O2. The van der Waals surface area contributed by atoms with Crippen LogP contribution in [0.5, 0.6) is 5.75 Å². The van der Waals surface area contributed by atoms with E-state index in [1.807, 2.05) is 32.0 Å². The third-order valence-electron chi connectivity index (χ3n) is 6.32. The number of nitrogens with zero attached hydrogens (tertiary/aromatic N) is 1. The van der Waals surface area contributed by atoms with E-state index in [1.165, 1.54) is 29.7 Å². The second kappa shape index (κ2) is 10.0. The van der Waals surface area contributed by atoms with Crippen LogP contribution >= 0.6 is 0 Å². The summed E-state index contributed by atoms with van der Waals surface area (Å²) in [6.07, 6.45) is 2.64.